The number of hydrogen-bond donors (Lipinski definition) is 0. The summed E-state index contributed by atoms with van der Waals surface area (Å²) in [5, 5.41) is 6.50. The first-order valence-electron chi connectivity index (χ1n) is 5.09. The van der Waals surface area contributed by atoms with Gasteiger partial charge in [-0.25, -0.2) is 9.07 Å². The zero-order valence-electron chi connectivity index (χ0n) is 9.57. The second-order valence-electron chi connectivity index (χ2n) is 3.81. The lowest BCUT2D eigenvalue weighted by Crippen LogP contribution is -2.23. The number of halogens is 4. The van der Waals surface area contributed by atoms with Crippen LogP contribution < -0.4 is 0 Å². The SMILES string of the molecule is Cc1ccc(-n2cc(C(=O)C(F)(F)F)nn2)cc1F. The lowest BCUT2D eigenvalue weighted by molar-refractivity contribution is -0.0888. The third-order valence-corrected chi connectivity index (χ3v) is 2.40. The van der Waals surface area contributed by atoms with Crippen molar-refractivity contribution < 1.29 is 22.4 Å². The van der Waals surface area contributed by atoms with Crippen LogP contribution in [-0.4, -0.2) is 27.0 Å². The number of alkyl halides is 3. The number of ketones is 1. The van der Waals surface area contributed by atoms with Gasteiger partial charge in [0, 0.05) is 0 Å². The van der Waals surface area contributed by atoms with Gasteiger partial charge in [-0.1, -0.05) is 11.3 Å². The molecule has 0 aliphatic heterocycles. The Hall–Kier alpha value is -2.25. The van der Waals surface area contributed by atoms with Crippen LogP contribution in [0, 0.1) is 12.7 Å². The summed E-state index contributed by atoms with van der Waals surface area (Å²) in [6.45, 7) is 1.54. The maximum Gasteiger partial charge on any atom is 0.456 e. The van der Waals surface area contributed by atoms with E-state index in [-0.39, 0.29) is 5.69 Å². The second kappa shape index (κ2) is 4.45. The Kier molecular flexibility index (Phi) is 3.09. The summed E-state index contributed by atoms with van der Waals surface area (Å²) in [5.41, 5.74) is -0.277. The zero-order valence-corrected chi connectivity index (χ0v) is 9.57. The van der Waals surface area contributed by atoms with E-state index in [9.17, 15) is 22.4 Å². The van der Waals surface area contributed by atoms with Crippen LogP contribution in [0.25, 0.3) is 5.69 Å². The van der Waals surface area contributed by atoms with Gasteiger partial charge in [-0.05, 0) is 24.6 Å². The van der Waals surface area contributed by atoms with Gasteiger partial charge in [0.1, 0.15) is 5.82 Å². The summed E-state index contributed by atoms with van der Waals surface area (Å²) in [6.07, 6.45) is -4.21. The number of nitrogens with zero attached hydrogens (tertiary/aromatic N) is 3. The molecular formula is C11H7F4N3O. The van der Waals surface area contributed by atoms with Crippen LogP contribution in [0.2, 0.25) is 0 Å². The molecule has 19 heavy (non-hydrogen) atoms. The van der Waals surface area contributed by atoms with Crippen LogP contribution >= 0.6 is 0 Å². The molecule has 1 aromatic heterocycles. The summed E-state index contributed by atoms with van der Waals surface area (Å²) in [5.74, 6) is -2.62. The molecule has 0 atom stereocenters. The summed E-state index contributed by atoms with van der Waals surface area (Å²) in [7, 11) is 0. The molecule has 0 fully saturated rings. The van der Waals surface area contributed by atoms with E-state index in [0.717, 1.165) is 16.9 Å². The number of aryl methyl sites for hydroxylation is 1. The first-order valence-corrected chi connectivity index (χ1v) is 5.09. The van der Waals surface area contributed by atoms with Crippen molar-refractivity contribution in [1.82, 2.24) is 15.0 Å². The standard InChI is InChI=1S/C11H7F4N3O/c1-6-2-3-7(4-8(6)12)18-5-9(16-17-18)10(19)11(13,14)15/h2-5H,1H3. The Morgan fingerprint density at radius 1 is 1.32 bits per heavy atom. The summed E-state index contributed by atoms with van der Waals surface area (Å²) < 4.78 is 50.7. The molecule has 2 aromatic rings. The monoisotopic (exact) mass is 273 g/mol. The molecule has 8 heteroatoms. The number of rotatable bonds is 2. The van der Waals surface area contributed by atoms with Crippen molar-refractivity contribution >= 4 is 5.78 Å². The third kappa shape index (κ3) is 2.61. The minimum atomic E-state index is -5.01. The largest absolute Gasteiger partial charge is 0.456 e. The molecule has 0 saturated heterocycles. The third-order valence-electron chi connectivity index (χ3n) is 2.40. The highest BCUT2D eigenvalue weighted by Gasteiger charge is 2.41. The van der Waals surface area contributed by atoms with Crippen molar-refractivity contribution in [2.24, 2.45) is 0 Å². The van der Waals surface area contributed by atoms with Gasteiger partial charge in [0.25, 0.3) is 5.78 Å². The van der Waals surface area contributed by atoms with Crippen molar-refractivity contribution in [2.45, 2.75) is 13.1 Å². The lowest BCUT2D eigenvalue weighted by Gasteiger charge is -2.02. The van der Waals surface area contributed by atoms with Crippen molar-refractivity contribution in [1.29, 1.82) is 0 Å². The second-order valence-corrected chi connectivity index (χ2v) is 3.81. The average Bonchev–Trinajstić information content (AvgIpc) is 2.79. The van der Waals surface area contributed by atoms with E-state index in [2.05, 4.69) is 10.3 Å². The molecule has 1 aromatic carbocycles. The molecular weight excluding hydrogens is 266 g/mol. The van der Waals surface area contributed by atoms with Crippen LogP contribution in [0.4, 0.5) is 17.6 Å². The smallest absolute Gasteiger partial charge is 0.282 e. The molecule has 4 nitrogen and oxygen atoms in total. The molecule has 0 amide bonds. The molecule has 0 spiro atoms. The van der Waals surface area contributed by atoms with Crippen LogP contribution in [-0.2, 0) is 0 Å². The molecule has 1 heterocycles. The van der Waals surface area contributed by atoms with Gasteiger partial charge in [0.2, 0.25) is 0 Å². The van der Waals surface area contributed by atoms with E-state index in [1.54, 1.807) is 6.92 Å². The van der Waals surface area contributed by atoms with E-state index in [1.165, 1.54) is 12.1 Å². The van der Waals surface area contributed by atoms with E-state index in [4.69, 9.17) is 0 Å². The number of benzene rings is 1. The summed E-state index contributed by atoms with van der Waals surface area (Å²) in [6, 6.07) is 3.98. The Balaban J connectivity index is 2.36. The van der Waals surface area contributed by atoms with Crippen molar-refractivity contribution in [2.75, 3.05) is 0 Å². The van der Waals surface area contributed by atoms with E-state index < -0.39 is 23.5 Å². The maximum atomic E-state index is 13.3. The van der Waals surface area contributed by atoms with E-state index in [0.29, 0.717) is 5.56 Å². The number of Topliss-reactive ketones (excluding diaryl/α,β-unsaturated/α-hetero) is 1. The molecule has 0 bridgehead atoms. The Bertz CT molecular complexity index is 633. The Labute approximate surface area is 104 Å². The number of hydrogen-bond acceptors (Lipinski definition) is 3. The van der Waals surface area contributed by atoms with Crippen LogP contribution in [0.5, 0.6) is 0 Å². The quantitative estimate of drug-likeness (QED) is 0.623. The minimum Gasteiger partial charge on any atom is -0.282 e. The molecule has 0 aliphatic carbocycles. The molecule has 0 aliphatic rings. The zero-order chi connectivity index (χ0) is 14.2. The van der Waals surface area contributed by atoms with Gasteiger partial charge in [-0.2, -0.15) is 13.2 Å². The van der Waals surface area contributed by atoms with Gasteiger partial charge in [0.05, 0.1) is 11.9 Å². The molecule has 0 radical (unpaired) electrons. The molecule has 100 valence electrons. The summed E-state index contributed by atoms with van der Waals surface area (Å²) in [4.78, 5) is 10.9. The topological polar surface area (TPSA) is 47.8 Å². The molecule has 0 saturated carbocycles. The van der Waals surface area contributed by atoms with Crippen LogP contribution in [0.15, 0.2) is 24.4 Å². The maximum absolute atomic E-state index is 13.3. The van der Waals surface area contributed by atoms with Gasteiger partial charge in [-0.3, -0.25) is 4.79 Å². The highest BCUT2D eigenvalue weighted by molar-refractivity contribution is 5.98. The molecule has 0 N–H and O–H groups in total. The van der Waals surface area contributed by atoms with Gasteiger partial charge < -0.3 is 0 Å². The van der Waals surface area contributed by atoms with Crippen LogP contribution in [0.1, 0.15) is 16.1 Å². The number of aromatic nitrogens is 3. The molecule has 2 rings (SSSR count). The van der Waals surface area contributed by atoms with Crippen LogP contribution in [0.3, 0.4) is 0 Å². The van der Waals surface area contributed by atoms with Crippen molar-refractivity contribution in [3.8, 4) is 5.69 Å². The van der Waals surface area contributed by atoms with E-state index in [1.807, 2.05) is 0 Å². The predicted molar refractivity (Wildman–Crippen MR) is 56.4 cm³/mol. The van der Waals surface area contributed by atoms with Gasteiger partial charge in [-0.15, -0.1) is 5.10 Å². The Morgan fingerprint density at radius 2 is 2.00 bits per heavy atom. The Morgan fingerprint density at radius 3 is 2.58 bits per heavy atom. The average molecular weight is 273 g/mol. The van der Waals surface area contributed by atoms with Crippen molar-refractivity contribution in [3.05, 3.63) is 41.5 Å². The van der Waals surface area contributed by atoms with Gasteiger partial charge >= 0.3 is 6.18 Å². The van der Waals surface area contributed by atoms with Crippen molar-refractivity contribution in [3.63, 3.8) is 0 Å². The lowest BCUT2D eigenvalue weighted by atomic mass is 10.2. The summed E-state index contributed by atoms with van der Waals surface area (Å²) >= 11 is 0. The fourth-order valence-corrected chi connectivity index (χ4v) is 1.36. The highest BCUT2D eigenvalue weighted by atomic mass is 19.4. The predicted octanol–water partition coefficient (Wildman–Crippen LogP) is 2.46. The van der Waals surface area contributed by atoms with E-state index >= 15 is 0 Å². The fourth-order valence-electron chi connectivity index (χ4n) is 1.36. The minimum absolute atomic E-state index is 0.178. The number of carbonyl (C=O) groups excluding carboxylic acids is 1. The first-order chi connectivity index (χ1) is 8.79. The molecule has 0 unspecified atom stereocenters. The highest BCUT2D eigenvalue weighted by Crippen LogP contribution is 2.20. The first kappa shape index (κ1) is 13.2. The number of carbonyl (C=O) groups is 1. The fraction of sp³-hybridized carbons (Fsp3) is 0.182. The van der Waals surface area contributed by atoms with Gasteiger partial charge in [0.15, 0.2) is 5.69 Å². The normalized spacial score (nSPS) is 11.6.